The second-order valence-electron chi connectivity index (χ2n) is 3.00. The predicted molar refractivity (Wildman–Crippen MR) is 63.1 cm³/mol. The van der Waals surface area contributed by atoms with Gasteiger partial charge < -0.3 is 10.4 Å². The zero-order chi connectivity index (χ0) is 11.1. The van der Waals surface area contributed by atoms with E-state index in [0.717, 1.165) is 10.6 Å². The Morgan fingerprint density at radius 2 is 2.33 bits per heavy atom. The van der Waals surface area contributed by atoms with Gasteiger partial charge in [0.15, 0.2) is 0 Å². The van der Waals surface area contributed by atoms with Gasteiger partial charge >= 0.3 is 0 Å². The molecule has 0 heterocycles. The van der Waals surface area contributed by atoms with E-state index >= 15 is 0 Å². The van der Waals surface area contributed by atoms with Crippen molar-refractivity contribution in [3.05, 3.63) is 23.8 Å². The van der Waals surface area contributed by atoms with E-state index < -0.39 is 0 Å². The van der Waals surface area contributed by atoms with E-state index in [1.54, 1.807) is 11.8 Å². The summed E-state index contributed by atoms with van der Waals surface area (Å²) in [6.07, 6.45) is 2.64. The van der Waals surface area contributed by atoms with Crippen LogP contribution in [-0.2, 0) is 0 Å². The van der Waals surface area contributed by atoms with Crippen LogP contribution >= 0.6 is 11.8 Å². The van der Waals surface area contributed by atoms with Crippen LogP contribution in [0.1, 0.15) is 12.0 Å². The first-order valence-corrected chi connectivity index (χ1v) is 5.97. The molecular weight excluding hydrogens is 208 g/mol. The molecule has 0 fully saturated rings. The maximum atomic E-state index is 9.03. The molecule has 0 amide bonds. The van der Waals surface area contributed by atoms with E-state index in [9.17, 15) is 0 Å². The van der Waals surface area contributed by atoms with Gasteiger partial charge in [0.2, 0.25) is 0 Å². The number of thioether (sulfide) groups is 1. The Kier molecular flexibility index (Phi) is 5.02. The summed E-state index contributed by atoms with van der Waals surface area (Å²) in [7, 11) is 0. The Bertz CT molecular complexity index is 360. The summed E-state index contributed by atoms with van der Waals surface area (Å²) >= 11 is 1.56. The second kappa shape index (κ2) is 6.33. The van der Waals surface area contributed by atoms with Gasteiger partial charge in [0.25, 0.3) is 0 Å². The third-order valence-corrected chi connectivity index (χ3v) is 2.79. The highest BCUT2D eigenvalue weighted by Crippen LogP contribution is 2.26. The largest absolute Gasteiger partial charge is 0.396 e. The Hall–Kier alpha value is -1.18. The molecule has 0 aromatic heterocycles. The quantitative estimate of drug-likeness (QED) is 0.591. The molecule has 0 aliphatic carbocycles. The molecule has 0 saturated carbocycles. The molecule has 4 heteroatoms. The number of nitrogens with zero attached hydrogens (tertiary/aromatic N) is 1. The highest BCUT2D eigenvalue weighted by Gasteiger charge is 2.05. The fourth-order valence-corrected chi connectivity index (χ4v) is 1.84. The van der Waals surface area contributed by atoms with Crippen LogP contribution in [0.3, 0.4) is 0 Å². The average Bonchev–Trinajstić information content (AvgIpc) is 2.29. The van der Waals surface area contributed by atoms with Crippen molar-refractivity contribution >= 4 is 17.4 Å². The molecule has 80 valence electrons. The molecule has 0 aliphatic rings. The number of aliphatic hydroxyl groups is 1. The third-order valence-electron chi connectivity index (χ3n) is 2.01. The van der Waals surface area contributed by atoms with Gasteiger partial charge in [-0.05, 0) is 24.8 Å². The van der Waals surface area contributed by atoms with E-state index in [2.05, 4.69) is 11.4 Å². The van der Waals surface area contributed by atoms with Crippen LogP contribution in [0.15, 0.2) is 23.1 Å². The second-order valence-corrected chi connectivity index (χ2v) is 3.85. The van der Waals surface area contributed by atoms with E-state index in [1.165, 1.54) is 0 Å². The van der Waals surface area contributed by atoms with Gasteiger partial charge in [-0.25, -0.2) is 0 Å². The zero-order valence-electron chi connectivity index (χ0n) is 8.66. The summed E-state index contributed by atoms with van der Waals surface area (Å²) in [4.78, 5) is 0.978. The van der Waals surface area contributed by atoms with Gasteiger partial charge in [-0.1, -0.05) is 6.07 Å². The van der Waals surface area contributed by atoms with Crippen LogP contribution in [-0.4, -0.2) is 24.5 Å². The molecule has 1 rings (SSSR count). The summed E-state index contributed by atoms with van der Waals surface area (Å²) in [5, 5.41) is 20.8. The van der Waals surface area contributed by atoms with Crippen molar-refractivity contribution < 1.29 is 5.11 Å². The summed E-state index contributed by atoms with van der Waals surface area (Å²) in [6.45, 7) is 0.847. The van der Waals surface area contributed by atoms with Crippen molar-refractivity contribution in [3.63, 3.8) is 0 Å². The van der Waals surface area contributed by atoms with Crippen molar-refractivity contribution in [3.8, 4) is 6.07 Å². The fraction of sp³-hybridized carbons (Fsp3) is 0.364. The van der Waals surface area contributed by atoms with Gasteiger partial charge in [0, 0.05) is 18.0 Å². The number of benzene rings is 1. The first kappa shape index (κ1) is 11.9. The lowest BCUT2D eigenvalue weighted by atomic mass is 10.2. The van der Waals surface area contributed by atoms with Crippen LogP contribution in [0.5, 0.6) is 0 Å². The molecule has 0 saturated heterocycles. The van der Waals surface area contributed by atoms with Gasteiger partial charge in [-0.15, -0.1) is 11.8 Å². The molecule has 15 heavy (non-hydrogen) atoms. The van der Waals surface area contributed by atoms with Crippen molar-refractivity contribution in [2.75, 3.05) is 24.7 Å². The normalized spacial score (nSPS) is 9.67. The summed E-state index contributed by atoms with van der Waals surface area (Å²) in [5.74, 6) is 0. The molecule has 0 atom stereocenters. The number of anilines is 1. The van der Waals surface area contributed by atoms with Crippen LogP contribution in [0.2, 0.25) is 0 Å². The van der Waals surface area contributed by atoms with Crippen molar-refractivity contribution in [1.29, 1.82) is 5.26 Å². The maximum Gasteiger partial charge on any atom is 0.102 e. The Morgan fingerprint density at radius 3 is 2.93 bits per heavy atom. The average molecular weight is 222 g/mol. The lowest BCUT2D eigenvalue weighted by molar-refractivity contribution is 0.292. The number of nitriles is 1. The van der Waals surface area contributed by atoms with E-state index in [-0.39, 0.29) is 6.61 Å². The maximum absolute atomic E-state index is 9.03. The zero-order valence-corrected chi connectivity index (χ0v) is 9.47. The molecule has 3 nitrogen and oxygen atoms in total. The first-order chi connectivity index (χ1) is 7.33. The lowest BCUT2D eigenvalue weighted by Crippen LogP contribution is -2.05. The van der Waals surface area contributed by atoms with Crippen LogP contribution in [0, 0.1) is 11.3 Å². The van der Waals surface area contributed by atoms with Crippen LogP contribution in [0.25, 0.3) is 0 Å². The number of rotatable bonds is 5. The number of hydrogen-bond acceptors (Lipinski definition) is 4. The number of aliphatic hydroxyl groups excluding tert-OH is 1. The summed E-state index contributed by atoms with van der Waals surface area (Å²) in [6, 6.07) is 7.94. The Morgan fingerprint density at radius 1 is 1.53 bits per heavy atom. The molecule has 0 unspecified atom stereocenters. The summed E-state index contributed by atoms with van der Waals surface area (Å²) in [5.41, 5.74) is 1.53. The van der Waals surface area contributed by atoms with Crippen molar-refractivity contribution in [2.45, 2.75) is 11.3 Å². The predicted octanol–water partition coefficient (Wildman–Crippen LogP) is 2.07. The monoisotopic (exact) mass is 222 g/mol. The standard InChI is InChI=1S/C11H14N2OS/c1-15-11-5-2-4-10(9(11)8-12)13-6-3-7-14/h2,4-5,13-14H,3,6-7H2,1H3. The Balaban J connectivity index is 2.83. The number of hydrogen-bond donors (Lipinski definition) is 2. The number of nitrogens with one attached hydrogen (secondary N) is 1. The van der Waals surface area contributed by atoms with Gasteiger partial charge in [-0.3, -0.25) is 0 Å². The molecule has 2 N–H and O–H groups in total. The molecule has 1 aromatic rings. The van der Waals surface area contributed by atoms with Gasteiger partial charge in [0.05, 0.1) is 11.3 Å². The highest BCUT2D eigenvalue weighted by molar-refractivity contribution is 7.98. The molecule has 1 aromatic carbocycles. The minimum absolute atomic E-state index is 0.164. The van der Waals surface area contributed by atoms with E-state index in [0.29, 0.717) is 18.5 Å². The third kappa shape index (κ3) is 3.15. The SMILES string of the molecule is CSc1cccc(NCCCO)c1C#N. The molecule has 0 aliphatic heterocycles. The molecular formula is C11H14N2OS. The Labute approximate surface area is 94.1 Å². The molecule has 0 bridgehead atoms. The molecule has 0 spiro atoms. The van der Waals surface area contributed by atoms with Gasteiger partial charge in [-0.2, -0.15) is 5.26 Å². The van der Waals surface area contributed by atoms with E-state index in [1.807, 2.05) is 24.5 Å². The lowest BCUT2D eigenvalue weighted by Gasteiger charge is -2.09. The van der Waals surface area contributed by atoms with E-state index in [4.69, 9.17) is 10.4 Å². The minimum atomic E-state index is 0.164. The fourth-order valence-electron chi connectivity index (χ4n) is 1.27. The summed E-state index contributed by atoms with van der Waals surface area (Å²) < 4.78 is 0. The smallest absolute Gasteiger partial charge is 0.102 e. The first-order valence-electron chi connectivity index (χ1n) is 4.75. The van der Waals surface area contributed by atoms with Crippen LogP contribution < -0.4 is 5.32 Å². The van der Waals surface area contributed by atoms with Crippen LogP contribution in [0.4, 0.5) is 5.69 Å². The van der Waals surface area contributed by atoms with Crippen molar-refractivity contribution in [2.24, 2.45) is 0 Å². The van der Waals surface area contributed by atoms with Gasteiger partial charge in [0.1, 0.15) is 6.07 Å². The molecule has 0 radical (unpaired) electrons. The minimum Gasteiger partial charge on any atom is -0.396 e. The van der Waals surface area contributed by atoms with Crippen molar-refractivity contribution in [1.82, 2.24) is 0 Å². The topological polar surface area (TPSA) is 56.0 Å². The highest BCUT2D eigenvalue weighted by atomic mass is 32.2.